The van der Waals surface area contributed by atoms with Gasteiger partial charge in [0, 0.05) is 55.6 Å². The number of nitrogens with one attached hydrogen (secondary N) is 1. The van der Waals surface area contributed by atoms with E-state index in [4.69, 9.17) is 4.74 Å². The lowest BCUT2D eigenvalue weighted by atomic mass is 10.2. The van der Waals surface area contributed by atoms with Crippen molar-refractivity contribution in [2.24, 2.45) is 0 Å². The lowest BCUT2D eigenvalue weighted by molar-refractivity contribution is -0.134. The molecule has 1 N–H and O–H groups in total. The van der Waals surface area contributed by atoms with Crippen LogP contribution in [0.4, 0.5) is 0 Å². The number of hydrogen-bond acceptors (Lipinski definition) is 4. The third kappa shape index (κ3) is 2.71. The Labute approximate surface area is 114 Å². The number of nitrogens with zero attached hydrogens (tertiary/aromatic N) is 2. The fourth-order valence-corrected chi connectivity index (χ4v) is 2.35. The second-order valence-corrected chi connectivity index (χ2v) is 5.59. The molecule has 0 aromatic heterocycles. The van der Waals surface area contributed by atoms with Crippen molar-refractivity contribution in [3.05, 3.63) is 0 Å². The van der Waals surface area contributed by atoms with Crippen LogP contribution < -0.4 is 5.32 Å². The zero-order valence-electron chi connectivity index (χ0n) is 9.85. The maximum Gasteiger partial charge on any atom is 0.255 e. The highest BCUT2D eigenvalue weighted by Crippen LogP contribution is 2.26. The van der Waals surface area contributed by atoms with Gasteiger partial charge in [-0.05, 0) is 6.92 Å². The molecule has 7 heteroatoms. The second-order valence-electron chi connectivity index (χ2n) is 4.35. The molecule has 0 radical (unpaired) electrons. The number of carbonyl (C=O) groups excluding carboxylic acids is 2. The number of hydrogen-bond donors (Lipinski definition) is 1. The molecule has 17 heavy (non-hydrogen) atoms. The van der Waals surface area contributed by atoms with Crippen molar-refractivity contribution in [1.29, 1.82) is 0 Å². The van der Waals surface area contributed by atoms with Crippen LogP contribution >= 0.6 is 22.9 Å². The summed E-state index contributed by atoms with van der Waals surface area (Å²) in [5.41, 5.74) is 0. The molecule has 0 bridgehead atoms. The van der Waals surface area contributed by atoms with E-state index in [1.165, 1.54) is 0 Å². The van der Waals surface area contributed by atoms with Crippen molar-refractivity contribution in [2.75, 3.05) is 26.7 Å². The van der Waals surface area contributed by atoms with E-state index < -0.39 is 12.2 Å². The molecule has 96 valence electrons. The molecule has 0 spiro atoms. The average molecular weight is 353 g/mol. The first kappa shape index (κ1) is 13.0. The van der Waals surface area contributed by atoms with E-state index in [0.29, 0.717) is 19.1 Å². The van der Waals surface area contributed by atoms with Gasteiger partial charge in [0.2, 0.25) is 0 Å². The third-order valence-corrected chi connectivity index (χ3v) is 4.53. The van der Waals surface area contributed by atoms with Gasteiger partial charge in [-0.25, -0.2) is 3.11 Å². The molecule has 2 fully saturated rings. The Morgan fingerprint density at radius 3 is 2.65 bits per heavy atom. The van der Waals surface area contributed by atoms with Crippen molar-refractivity contribution in [2.45, 2.75) is 25.2 Å². The van der Waals surface area contributed by atoms with E-state index in [1.807, 2.05) is 0 Å². The molecule has 2 rings (SSSR count). The maximum atomic E-state index is 12.0. The van der Waals surface area contributed by atoms with Crippen LogP contribution in [0.15, 0.2) is 0 Å². The van der Waals surface area contributed by atoms with Gasteiger partial charge in [0.1, 0.15) is 0 Å². The molecule has 2 saturated heterocycles. The molecule has 0 aromatic carbocycles. The summed E-state index contributed by atoms with van der Waals surface area (Å²) in [4.78, 5) is 25.1. The van der Waals surface area contributed by atoms with Crippen molar-refractivity contribution in [3.8, 4) is 0 Å². The van der Waals surface area contributed by atoms with E-state index in [1.54, 1.807) is 11.9 Å². The predicted octanol–water partition coefficient (Wildman–Crippen LogP) is -0.617. The van der Waals surface area contributed by atoms with Crippen LogP contribution in [0, 0.1) is 0 Å². The zero-order valence-corrected chi connectivity index (χ0v) is 12.0. The van der Waals surface area contributed by atoms with Crippen LogP contribution in [-0.4, -0.2) is 64.8 Å². The van der Waals surface area contributed by atoms with Gasteiger partial charge in [-0.1, -0.05) is 0 Å². The zero-order chi connectivity index (χ0) is 12.6. The molecule has 0 aliphatic carbocycles. The van der Waals surface area contributed by atoms with E-state index in [9.17, 15) is 9.59 Å². The summed E-state index contributed by atoms with van der Waals surface area (Å²) in [6, 6.07) is 0.338. The topological polar surface area (TPSA) is 65.2 Å². The first-order valence-corrected chi connectivity index (χ1v) is 6.59. The summed E-state index contributed by atoms with van der Waals surface area (Å²) < 4.78 is 7.31. The van der Waals surface area contributed by atoms with E-state index >= 15 is 0 Å². The van der Waals surface area contributed by atoms with E-state index in [2.05, 4.69) is 38.2 Å². The predicted molar refractivity (Wildman–Crippen MR) is 69.5 cm³/mol. The summed E-state index contributed by atoms with van der Waals surface area (Å²) in [5.74, 6) is -0.279. The van der Waals surface area contributed by atoms with E-state index in [-0.39, 0.29) is 11.8 Å². The van der Waals surface area contributed by atoms with Crippen molar-refractivity contribution >= 4 is 34.7 Å². The van der Waals surface area contributed by atoms with Gasteiger partial charge in [-0.15, -0.1) is 0 Å². The molecule has 2 aliphatic heterocycles. The quantitative estimate of drug-likeness (QED) is 0.409. The first-order chi connectivity index (χ1) is 8.04. The molecule has 3 atom stereocenters. The Bertz CT molecular complexity index is 339. The van der Waals surface area contributed by atoms with Gasteiger partial charge in [-0.2, -0.15) is 0 Å². The summed E-state index contributed by atoms with van der Waals surface area (Å²) >= 11 is 2.27. The SMILES string of the molecule is CNC(=O)C1OC1C(=O)N1CCN(I)C(C)C1. The molecule has 0 saturated carbocycles. The molecular weight excluding hydrogens is 337 g/mol. The summed E-state index contributed by atoms with van der Waals surface area (Å²) in [5, 5.41) is 2.49. The van der Waals surface area contributed by atoms with Crippen LogP contribution in [0.3, 0.4) is 0 Å². The monoisotopic (exact) mass is 353 g/mol. The summed E-state index contributed by atoms with van der Waals surface area (Å²) in [7, 11) is 1.54. The molecule has 0 aromatic rings. The Balaban J connectivity index is 1.88. The first-order valence-electron chi connectivity index (χ1n) is 5.63. The number of piperazine rings is 1. The number of amides is 2. The average Bonchev–Trinajstić information content (AvgIpc) is 3.11. The highest BCUT2D eigenvalue weighted by molar-refractivity contribution is 14.1. The maximum absolute atomic E-state index is 12.0. The summed E-state index contributed by atoms with van der Waals surface area (Å²) in [6.45, 7) is 4.33. The Hall–Kier alpha value is -0.410. The van der Waals surface area contributed by atoms with Crippen LogP contribution in [-0.2, 0) is 14.3 Å². The smallest absolute Gasteiger partial charge is 0.255 e. The van der Waals surface area contributed by atoms with Crippen molar-refractivity contribution < 1.29 is 14.3 Å². The highest BCUT2D eigenvalue weighted by atomic mass is 127. The molecular formula is C10H16IN3O3. The molecule has 2 aliphatic rings. The molecule has 6 nitrogen and oxygen atoms in total. The van der Waals surface area contributed by atoms with Gasteiger partial charge in [0.25, 0.3) is 11.8 Å². The second kappa shape index (κ2) is 5.07. The van der Waals surface area contributed by atoms with Gasteiger partial charge in [0.05, 0.1) is 0 Å². The Morgan fingerprint density at radius 1 is 1.35 bits per heavy atom. The van der Waals surface area contributed by atoms with Crippen LogP contribution in [0.2, 0.25) is 0 Å². The van der Waals surface area contributed by atoms with E-state index in [0.717, 1.165) is 6.54 Å². The van der Waals surface area contributed by atoms with Gasteiger partial charge in [-0.3, -0.25) is 9.59 Å². The third-order valence-electron chi connectivity index (χ3n) is 3.10. The number of likely N-dealkylation sites (N-methyl/N-ethyl adjacent to an activating group) is 1. The number of carbonyl (C=O) groups is 2. The Morgan fingerprint density at radius 2 is 2.06 bits per heavy atom. The molecule has 2 amide bonds. The number of rotatable bonds is 2. The number of epoxide rings is 1. The molecule has 3 unspecified atom stereocenters. The summed E-state index contributed by atoms with van der Waals surface area (Å²) in [6.07, 6.45) is -1.15. The van der Waals surface area contributed by atoms with Gasteiger partial charge < -0.3 is 15.0 Å². The molecule has 2 heterocycles. The minimum atomic E-state index is -0.583. The standard InChI is InChI=1S/C10H16IN3O3/c1-6-5-13(3-4-14(6)11)10(16)8-7(17-8)9(15)12-2/h6-8H,3-5H2,1-2H3,(H,12,15). The van der Waals surface area contributed by atoms with Crippen LogP contribution in [0.25, 0.3) is 0 Å². The van der Waals surface area contributed by atoms with Gasteiger partial charge >= 0.3 is 0 Å². The fraction of sp³-hybridized carbons (Fsp3) is 0.800. The normalized spacial score (nSPS) is 33.4. The van der Waals surface area contributed by atoms with Gasteiger partial charge in [0.15, 0.2) is 12.2 Å². The largest absolute Gasteiger partial charge is 0.357 e. The lowest BCUT2D eigenvalue weighted by Gasteiger charge is -2.36. The minimum absolute atomic E-state index is 0.0602. The fourth-order valence-electron chi connectivity index (χ4n) is 1.96. The number of ether oxygens (including phenoxy) is 1. The minimum Gasteiger partial charge on any atom is -0.357 e. The van der Waals surface area contributed by atoms with Crippen molar-refractivity contribution in [1.82, 2.24) is 13.3 Å². The van der Waals surface area contributed by atoms with Crippen LogP contribution in [0.5, 0.6) is 0 Å². The lowest BCUT2D eigenvalue weighted by Crippen LogP contribution is -2.51. The van der Waals surface area contributed by atoms with Crippen molar-refractivity contribution in [3.63, 3.8) is 0 Å². The van der Waals surface area contributed by atoms with Crippen LogP contribution in [0.1, 0.15) is 6.92 Å². The highest BCUT2D eigenvalue weighted by Gasteiger charge is 2.51. The Kier molecular flexibility index (Phi) is 3.88. The number of halogens is 1.